The lowest BCUT2D eigenvalue weighted by Crippen LogP contribution is -2.21. The van der Waals surface area contributed by atoms with Crippen LogP contribution >= 0.6 is 0 Å². The third-order valence-electron chi connectivity index (χ3n) is 4.09. The molecule has 2 heterocycles. The molecule has 1 unspecified atom stereocenters. The number of ether oxygens (including phenoxy) is 2. The molecule has 23 heavy (non-hydrogen) atoms. The monoisotopic (exact) mass is 312 g/mol. The summed E-state index contributed by atoms with van der Waals surface area (Å²) in [6.45, 7) is 4.75. The van der Waals surface area contributed by atoms with E-state index in [4.69, 9.17) is 9.47 Å². The highest BCUT2D eigenvalue weighted by atomic mass is 16.5. The summed E-state index contributed by atoms with van der Waals surface area (Å²) in [5, 5.41) is 3.43. The van der Waals surface area contributed by atoms with Gasteiger partial charge in [0.05, 0.1) is 6.61 Å². The second-order valence-electron chi connectivity index (χ2n) is 5.86. The standard InChI is InChI=1S/C19H24N2O2/c1-2-13-22-19-17(9-6-11-21-19)23-18(16-10-12-20-14-16)15-7-4-3-5-8-15/h3-9,11,16,18,20H,2,10,12-14H2,1H3/t16-,18?/m0/s1. The van der Waals surface area contributed by atoms with Gasteiger partial charge in [-0.3, -0.25) is 0 Å². The molecule has 4 heteroatoms. The minimum atomic E-state index is 0.0133. The fraction of sp³-hybridized carbons (Fsp3) is 0.421. The highest BCUT2D eigenvalue weighted by Crippen LogP contribution is 2.35. The highest BCUT2D eigenvalue weighted by Gasteiger charge is 2.28. The first-order chi connectivity index (χ1) is 11.4. The molecule has 122 valence electrons. The van der Waals surface area contributed by atoms with Crippen molar-refractivity contribution in [1.82, 2.24) is 10.3 Å². The molecule has 4 nitrogen and oxygen atoms in total. The van der Waals surface area contributed by atoms with Gasteiger partial charge in [-0.25, -0.2) is 4.98 Å². The van der Waals surface area contributed by atoms with E-state index in [0.717, 1.165) is 31.7 Å². The van der Waals surface area contributed by atoms with Crippen LogP contribution in [0.25, 0.3) is 0 Å². The van der Waals surface area contributed by atoms with Crippen molar-refractivity contribution in [2.24, 2.45) is 5.92 Å². The normalized spacial score (nSPS) is 18.6. The van der Waals surface area contributed by atoms with E-state index in [-0.39, 0.29) is 6.10 Å². The Morgan fingerprint density at radius 1 is 1.22 bits per heavy atom. The summed E-state index contributed by atoms with van der Waals surface area (Å²) < 4.78 is 12.1. The van der Waals surface area contributed by atoms with E-state index in [2.05, 4.69) is 41.5 Å². The first-order valence-corrected chi connectivity index (χ1v) is 8.38. The molecule has 1 aliphatic rings. The molecule has 2 atom stereocenters. The molecule has 0 aliphatic carbocycles. The number of hydrogen-bond donors (Lipinski definition) is 1. The van der Waals surface area contributed by atoms with Crippen LogP contribution in [0, 0.1) is 5.92 Å². The van der Waals surface area contributed by atoms with E-state index in [1.165, 1.54) is 5.56 Å². The van der Waals surface area contributed by atoms with Crippen LogP contribution in [-0.2, 0) is 0 Å². The second kappa shape index (κ2) is 7.97. The number of nitrogens with zero attached hydrogens (tertiary/aromatic N) is 1. The number of hydrogen-bond acceptors (Lipinski definition) is 4. The summed E-state index contributed by atoms with van der Waals surface area (Å²) in [5.41, 5.74) is 1.20. The topological polar surface area (TPSA) is 43.4 Å². The largest absolute Gasteiger partial charge is 0.480 e. The number of rotatable bonds is 7. The van der Waals surface area contributed by atoms with Crippen molar-refractivity contribution in [3.8, 4) is 11.6 Å². The van der Waals surface area contributed by atoms with Crippen LogP contribution in [0.1, 0.15) is 31.4 Å². The molecule has 0 bridgehead atoms. The van der Waals surface area contributed by atoms with Gasteiger partial charge in [0.2, 0.25) is 0 Å². The minimum Gasteiger partial charge on any atom is -0.480 e. The lowest BCUT2D eigenvalue weighted by molar-refractivity contribution is 0.135. The van der Waals surface area contributed by atoms with Gasteiger partial charge in [-0.05, 0) is 37.1 Å². The van der Waals surface area contributed by atoms with Crippen LogP contribution in [0.5, 0.6) is 11.6 Å². The van der Waals surface area contributed by atoms with Gasteiger partial charge in [0.1, 0.15) is 6.10 Å². The Kier molecular flexibility index (Phi) is 5.48. The van der Waals surface area contributed by atoms with Gasteiger partial charge in [-0.15, -0.1) is 0 Å². The van der Waals surface area contributed by atoms with Crippen LogP contribution in [0.3, 0.4) is 0 Å². The SMILES string of the molecule is CCCOc1ncccc1OC(c1ccccc1)[C@H]1CCNC1. The van der Waals surface area contributed by atoms with Crippen molar-refractivity contribution in [3.63, 3.8) is 0 Å². The van der Waals surface area contributed by atoms with E-state index in [0.29, 0.717) is 18.4 Å². The zero-order valence-electron chi connectivity index (χ0n) is 13.6. The summed E-state index contributed by atoms with van der Waals surface area (Å²) in [6, 6.07) is 14.3. The Balaban J connectivity index is 1.84. The first-order valence-electron chi connectivity index (χ1n) is 8.38. The van der Waals surface area contributed by atoms with Crippen molar-refractivity contribution < 1.29 is 9.47 Å². The van der Waals surface area contributed by atoms with Crippen LogP contribution < -0.4 is 14.8 Å². The molecule has 0 radical (unpaired) electrons. The fourth-order valence-electron chi connectivity index (χ4n) is 2.92. The average Bonchev–Trinajstić information content (AvgIpc) is 3.13. The Labute approximate surface area is 137 Å². The van der Waals surface area contributed by atoms with E-state index in [9.17, 15) is 0 Å². The van der Waals surface area contributed by atoms with E-state index in [1.807, 2.05) is 18.2 Å². The zero-order chi connectivity index (χ0) is 15.9. The minimum absolute atomic E-state index is 0.0133. The maximum absolute atomic E-state index is 6.39. The third-order valence-corrected chi connectivity index (χ3v) is 4.09. The first kappa shape index (κ1) is 15.8. The van der Waals surface area contributed by atoms with Crippen LogP contribution in [0.2, 0.25) is 0 Å². The summed E-state index contributed by atoms with van der Waals surface area (Å²) in [6.07, 6.45) is 3.82. The summed E-state index contributed by atoms with van der Waals surface area (Å²) in [4.78, 5) is 4.33. The van der Waals surface area contributed by atoms with Crippen LogP contribution in [-0.4, -0.2) is 24.7 Å². The Morgan fingerprint density at radius 3 is 2.83 bits per heavy atom. The third kappa shape index (κ3) is 4.02. The second-order valence-corrected chi connectivity index (χ2v) is 5.86. The quantitative estimate of drug-likeness (QED) is 0.848. The van der Waals surface area contributed by atoms with E-state index >= 15 is 0 Å². The molecule has 1 fully saturated rings. The molecule has 1 N–H and O–H groups in total. The Morgan fingerprint density at radius 2 is 2.09 bits per heavy atom. The van der Waals surface area contributed by atoms with Crippen molar-refractivity contribution in [2.75, 3.05) is 19.7 Å². The van der Waals surface area contributed by atoms with Crippen molar-refractivity contribution in [3.05, 3.63) is 54.2 Å². The highest BCUT2D eigenvalue weighted by molar-refractivity contribution is 5.34. The maximum Gasteiger partial charge on any atom is 0.257 e. The molecule has 1 saturated heterocycles. The summed E-state index contributed by atoms with van der Waals surface area (Å²) >= 11 is 0. The van der Waals surface area contributed by atoms with Gasteiger partial charge < -0.3 is 14.8 Å². The van der Waals surface area contributed by atoms with Gasteiger partial charge in [0, 0.05) is 18.7 Å². The average molecular weight is 312 g/mol. The molecule has 1 aromatic carbocycles. The molecule has 2 aromatic rings. The van der Waals surface area contributed by atoms with Gasteiger partial charge in [0.25, 0.3) is 5.88 Å². The molecule has 0 amide bonds. The predicted octanol–water partition coefficient (Wildman–Crippen LogP) is 3.60. The number of aromatic nitrogens is 1. The number of benzene rings is 1. The molecular formula is C19H24N2O2. The Hall–Kier alpha value is -2.07. The van der Waals surface area contributed by atoms with Crippen LogP contribution in [0.15, 0.2) is 48.7 Å². The maximum atomic E-state index is 6.39. The van der Waals surface area contributed by atoms with Crippen molar-refractivity contribution in [1.29, 1.82) is 0 Å². The van der Waals surface area contributed by atoms with Crippen molar-refractivity contribution >= 4 is 0 Å². The van der Waals surface area contributed by atoms with Gasteiger partial charge in [-0.2, -0.15) is 0 Å². The molecule has 1 aromatic heterocycles. The van der Waals surface area contributed by atoms with Gasteiger partial charge in [-0.1, -0.05) is 37.3 Å². The smallest absolute Gasteiger partial charge is 0.257 e. The van der Waals surface area contributed by atoms with Gasteiger partial charge >= 0.3 is 0 Å². The van der Waals surface area contributed by atoms with E-state index in [1.54, 1.807) is 6.20 Å². The predicted molar refractivity (Wildman–Crippen MR) is 90.8 cm³/mol. The molecule has 1 aliphatic heterocycles. The van der Waals surface area contributed by atoms with Crippen LogP contribution in [0.4, 0.5) is 0 Å². The van der Waals surface area contributed by atoms with Gasteiger partial charge in [0.15, 0.2) is 5.75 Å². The van der Waals surface area contributed by atoms with E-state index < -0.39 is 0 Å². The molecule has 0 saturated carbocycles. The Bertz CT molecular complexity index is 597. The number of nitrogens with one attached hydrogen (secondary N) is 1. The molecule has 0 spiro atoms. The molecular weight excluding hydrogens is 288 g/mol. The summed E-state index contributed by atoms with van der Waals surface area (Å²) in [5.74, 6) is 1.76. The zero-order valence-corrected chi connectivity index (χ0v) is 13.6. The van der Waals surface area contributed by atoms with Crippen molar-refractivity contribution in [2.45, 2.75) is 25.9 Å². The fourth-order valence-corrected chi connectivity index (χ4v) is 2.92. The lowest BCUT2D eigenvalue weighted by Gasteiger charge is -2.25. The molecule has 3 rings (SSSR count). The summed E-state index contributed by atoms with van der Waals surface area (Å²) in [7, 11) is 0. The number of pyridine rings is 1. The lowest BCUT2D eigenvalue weighted by atomic mass is 9.95.